The van der Waals surface area contributed by atoms with Crippen molar-refractivity contribution in [3.8, 4) is 0 Å². The molecule has 3 heterocycles. The third kappa shape index (κ3) is 6.68. The molecule has 0 aromatic heterocycles. The summed E-state index contributed by atoms with van der Waals surface area (Å²) in [6, 6.07) is 17.5. The second kappa shape index (κ2) is 14.8. The van der Waals surface area contributed by atoms with Crippen molar-refractivity contribution in [3.05, 3.63) is 105 Å². The maximum absolute atomic E-state index is 12.9. The average molecular weight is 714 g/mol. The molecule has 0 aliphatic carbocycles. The van der Waals surface area contributed by atoms with Crippen molar-refractivity contribution < 1.29 is 48.5 Å². The van der Waals surface area contributed by atoms with E-state index < -0.39 is 43.8 Å². The molecule has 0 radical (unpaired) electrons. The summed E-state index contributed by atoms with van der Waals surface area (Å²) >= 11 is 0. The Balaban J connectivity index is 1.24. The number of carbonyl (C=O) groups excluding carboxylic acids is 6. The molecule has 6 amide bonds. The van der Waals surface area contributed by atoms with Gasteiger partial charge in [0.05, 0.1) is 72.8 Å². The van der Waals surface area contributed by atoms with Gasteiger partial charge in [-0.05, 0) is 90.5 Å². The van der Waals surface area contributed by atoms with Crippen LogP contribution >= 0.6 is 0 Å². The minimum absolute atomic E-state index is 0.0782. The van der Waals surface area contributed by atoms with Crippen LogP contribution in [0.5, 0.6) is 0 Å². The molecule has 3 aliphatic heterocycles. The molecule has 0 spiro atoms. The summed E-state index contributed by atoms with van der Waals surface area (Å²) in [4.78, 5) is 80.1. The number of rotatable bonds is 16. The zero-order valence-corrected chi connectivity index (χ0v) is 29.2. The van der Waals surface area contributed by atoms with Gasteiger partial charge in [-0.2, -0.15) is 0 Å². The number of hydrogen-bond acceptors (Lipinski definition) is 10. The van der Waals surface area contributed by atoms with Gasteiger partial charge in [0.2, 0.25) is 0 Å². The van der Waals surface area contributed by atoms with Crippen LogP contribution < -0.4 is 0 Å². The number of fused-ring (bicyclic) bond motifs is 3. The van der Waals surface area contributed by atoms with Gasteiger partial charge in [0.25, 0.3) is 35.4 Å². The van der Waals surface area contributed by atoms with Gasteiger partial charge in [0.15, 0.2) is 8.32 Å². The molecule has 3 aliphatic rings. The van der Waals surface area contributed by atoms with Gasteiger partial charge < -0.3 is 19.7 Å². The summed E-state index contributed by atoms with van der Waals surface area (Å²) in [5, 5.41) is 28.0. The molecule has 0 fully saturated rings. The van der Waals surface area contributed by atoms with Gasteiger partial charge in [-0.15, -0.1) is 0 Å². The Morgan fingerprint density at radius 3 is 1.00 bits per heavy atom. The molecule has 51 heavy (non-hydrogen) atoms. The van der Waals surface area contributed by atoms with E-state index in [1.165, 1.54) is 0 Å². The van der Waals surface area contributed by atoms with Crippen LogP contribution in [-0.2, 0) is 23.7 Å². The SMILES string of the molecule is CO[Si](CCc1ccc2c(c1)C(=O)N(CCO)C2=O)(CCc1ccc2c(c1)C(=O)N(CCO)C2=O)CCc1ccc2c(c1)C(=O)N(CCO)C2=O. The Labute approximate surface area is 295 Å². The Morgan fingerprint density at radius 2 is 0.745 bits per heavy atom. The van der Waals surface area contributed by atoms with Gasteiger partial charge >= 0.3 is 0 Å². The highest BCUT2D eigenvalue weighted by atomic mass is 28.4. The second-order valence-corrected chi connectivity index (χ2v) is 17.3. The van der Waals surface area contributed by atoms with Crippen LogP contribution in [0.15, 0.2) is 54.6 Å². The van der Waals surface area contributed by atoms with Crippen LogP contribution in [0.3, 0.4) is 0 Å². The van der Waals surface area contributed by atoms with Crippen molar-refractivity contribution in [2.45, 2.75) is 37.4 Å². The average Bonchev–Trinajstić information content (AvgIpc) is 3.63. The molecule has 3 N–H and O–H groups in total. The first-order valence-electron chi connectivity index (χ1n) is 16.9. The maximum atomic E-state index is 12.9. The van der Waals surface area contributed by atoms with Gasteiger partial charge in [0.1, 0.15) is 0 Å². The second-order valence-electron chi connectivity index (χ2n) is 13.0. The van der Waals surface area contributed by atoms with Crippen LogP contribution in [0.2, 0.25) is 18.1 Å². The highest BCUT2D eigenvalue weighted by Gasteiger charge is 2.39. The smallest absolute Gasteiger partial charge is 0.261 e. The van der Waals surface area contributed by atoms with E-state index in [0.29, 0.717) is 70.8 Å². The summed E-state index contributed by atoms with van der Waals surface area (Å²) in [6.45, 7) is -1.22. The van der Waals surface area contributed by atoms with E-state index in [-0.39, 0.29) is 39.5 Å². The number of aliphatic hydroxyl groups is 3. The van der Waals surface area contributed by atoms with Gasteiger partial charge in [-0.1, -0.05) is 18.2 Å². The van der Waals surface area contributed by atoms with Crippen molar-refractivity contribution in [2.75, 3.05) is 46.6 Å². The van der Waals surface area contributed by atoms with Gasteiger partial charge in [0, 0.05) is 7.11 Å². The summed E-state index contributed by atoms with van der Waals surface area (Å²) in [6.07, 6.45) is 1.65. The summed E-state index contributed by atoms with van der Waals surface area (Å²) < 4.78 is 6.41. The van der Waals surface area contributed by atoms with E-state index in [9.17, 15) is 44.1 Å². The number of β-amino-alcohol motifs (C(OH)–C–C–N with tert-alkyl or cyclic N) is 3. The van der Waals surface area contributed by atoms with Crippen molar-refractivity contribution in [1.82, 2.24) is 14.7 Å². The zero-order chi connectivity index (χ0) is 36.4. The zero-order valence-electron chi connectivity index (χ0n) is 28.2. The molecule has 0 saturated heterocycles. The maximum Gasteiger partial charge on any atom is 0.261 e. The van der Waals surface area contributed by atoms with Crippen molar-refractivity contribution in [1.29, 1.82) is 0 Å². The molecular weight excluding hydrogens is 675 g/mol. The Bertz CT molecular complexity index is 1730. The van der Waals surface area contributed by atoms with Crippen molar-refractivity contribution >= 4 is 43.8 Å². The standard InChI is InChI=1S/C37H39N3O10Si/c1-50-51(17-8-23-2-5-26-29(20-23)35(47)38(11-14-41)32(26)44,18-9-24-3-6-27-30(21-24)36(48)39(12-15-42)33(27)45)19-10-25-4-7-28-31(22-25)37(49)40(13-16-43)34(28)46/h2-7,20-22,41-43H,8-19H2,1H3. The number of aliphatic hydroxyl groups excluding tert-OH is 3. The lowest BCUT2D eigenvalue weighted by Crippen LogP contribution is -2.38. The quantitative estimate of drug-likeness (QED) is 0.147. The van der Waals surface area contributed by atoms with Crippen molar-refractivity contribution in [2.24, 2.45) is 0 Å². The van der Waals surface area contributed by atoms with Crippen molar-refractivity contribution in [3.63, 3.8) is 0 Å². The van der Waals surface area contributed by atoms with Crippen LogP contribution in [0.25, 0.3) is 0 Å². The lowest BCUT2D eigenvalue weighted by Gasteiger charge is -2.30. The van der Waals surface area contributed by atoms with Crippen LogP contribution in [0.4, 0.5) is 0 Å². The summed E-state index contributed by atoms with van der Waals surface area (Å²) in [5.74, 6) is -2.61. The largest absolute Gasteiger partial charge is 0.420 e. The van der Waals surface area contributed by atoms with E-state index in [4.69, 9.17) is 4.43 Å². The molecule has 0 unspecified atom stereocenters. The lowest BCUT2D eigenvalue weighted by atomic mass is 10.0. The highest BCUT2D eigenvalue weighted by Crippen LogP contribution is 2.32. The molecule has 0 saturated carbocycles. The fourth-order valence-electron chi connectivity index (χ4n) is 7.19. The molecule has 6 rings (SSSR count). The molecule has 3 aromatic rings. The fraction of sp³-hybridized carbons (Fsp3) is 0.351. The first kappa shape index (κ1) is 35.9. The van der Waals surface area contributed by atoms with Gasteiger partial charge in [-0.3, -0.25) is 43.5 Å². The minimum Gasteiger partial charge on any atom is -0.420 e. The third-order valence-electron chi connectivity index (χ3n) is 10.1. The first-order chi connectivity index (χ1) is 24.6. The van der Waals surface area contributed by atoms with E-state index in [1.807, 2.05) is 18.2 Å². The molecule has 13 nitrogen and oxygen atoms in total. The number of carbonyl (C=O) groups is 6. The lowest BCUT2D eigenvalue weighted by molar-refractivity contribution is 0.0610. The Hall–Kier alpha value is -4.86. The van der Waals surface area contributed by atoms with Crippen LogP contribution in [0.1, 0.15) is 78.8 Å². The number of aryl methyl sites for hydroxylation is 3. The predicted molar refractivity (Wildman–Crippen MR) is 185 cm³/mol. The summed E-state index contributed by atoms with van der Waals surface area (Å²) in [5.41, 5.74) is 4.37. The molecule has 266 valence electrons. The predicted octanol–water partition coefficient (Wildman–Crippen LogP) is 2.07. The normalized spacial score (nSPS) is 15.4. The van der Waals surface area contributed by atoms with E-state index in [2.05, 4.69) is 0 Å². The van der Waals surface area contributed by atoms with E-state index in [1.54, 1.807) is 43.5 Å². The fourth-order valence-corrected chi connectivity index (χ4v) is 10.8. The molecular formula is C37H39N3O10Si. The van der Waals surface area contributed by atoms with E-state index >= 15 is 0 Å². The molecule has 14 heteroatoms. The molecule has 0 bridgehead atoms. The third-order valence-corrected chi connectivity index (χ3v) is 14.5. The number of amides is 6. The number of hydrogen-bond donors (Lipinski definition) is 3. The number of nitrogens with zero attached hydrogens (tertiary/aromatic N) is 3. The topological polar surface area (TPSA) is 182 Å². The van der Waals surface area contributed by atoms with Crippen LogP contribution in [-0.4, -0.2) is 120 Å². The monoisotopic (exact) mass is 713 g/mol. The number of imide groups is 3. The minimum atomic E-state index is -2.65. The molecule has 0 atom stereocenters. The van der Waals surface area contributed by atoms with Crippen LogP contribution in [0, 0.1) is 0 Å². The Morgan fingerprint density at radius 1 is 0.471 bits per heavy atom. The highest BCUT2D eigenvalue weighted by molar-refractivity contribution is 6.73. The Kier molecular flexibility index (Phi) is 10.4. The number of benzene rings is 3. The van der Waals surface area contributed by atoms with E-state index in [0.717, 1.165) is 31.4 Å². The summed E-state index contributed by atoms with van der Waals surface area (Å²) in [7, 11) is -0.971. The molecule has 3 aromatic carbocycles. The first-order valence-corrected chi connectivity index (χ1v) is 19.4. The van der Waals surface area contributed by atoms with Gasteiger partial charge in [-0.25, -0.2) is 0 Å².